The van der Waals surface area contributed by atoms with Gasteiger partial charge >= 0.3 is 0 Å². The Morgan fingerprint density at radius 1 is 1.12 bits per heavy atom. The molecule has 0 bridgehead atoms. The lowest BCUT2D eigenvalue weighted by molar-refractivity contribution is -0.116. The number of carbonyl (C=O) groups excluding carboxylic acids is 1. The summed E-state index contributed by atoms with van der Waals surface area (Å²) in [6, 6.07) is 8.83. The van der Waals surface area contributed by atoms with Gasteiger partial charge in [0.1, 0.15) is 10.0 Å². The van der Waals surface area contributed by atoms with E-state index in [4.69, 9.17) is 4.98 Å². The van der Waals surface area contributed by atoms with Gasteiger partial charge in [-0.1, -0.05) is 12.1 Å². The van der Waals surface area contributed by atoms with Crippen LogP contribution in [-0.4, -0.2) is 77.9 Å². The standard InChI is InChI=1S/C25H33N5OS2/c1-17(2)30-11-8-18-21(16-30)33-25(23(18)24-26-19-6-4-5-7-20(19)32-24)27-22(31)9-10-29-14-12-28(3)13-15-29/h4-7,17H,8-16H2,1-3H3,(H,27,31). The summed E-state index contributed by atoms with van der Waals surface area (Å²) in [4.78, 5) is 26.6. The van der Waals surface area contributed by atoms with Crippen LogP contribution >= 0.6 is 22.7 Å². The van der Waals surface area contributed by atoms with E-state index in [1.54, 1.807) is 22.7 Å². The topological polar surface area (TPSA) is 51.7 Å². The second-order valence-electron chi connectivity index (χ2n) is 9.45. The van der Waals surface area contributed by atoms with Gasteiger partial charge in [0.2, 0.25) is 5.91 Å². The molecule has 1 aromatic carbocycles. The van der Waals surface area contributed by atoms with Crippen LogP contribution in [0, 0.1) is 0 Å². The Bertz CT molecular complexity index is 1100. The van der Waals surface area contributed by atoms with Gasteiger partial charge in [-0.05, 0) is 45.0 Å². The fourth-order valence-corrected chi connectivity index (χ4v) is 7.08. The number of fused-ring (bicyclic) bond motifs is 2. The second kappa shape index (κ2) is 9.80. The first-order chi connectivity index (χ1) is 16.0. The van der Waals surface area contributed by atoms with Gasteiger partial charge in [0.25, 0.3) is 0 Å². The number of amides is 1. The monoisotopic (exact) mass is 483 g/mol. The first-order valence-electron chi connectivity index (χ1n) is 11.9. The summed E-state index contributed by atoms with van der Waals surface area (Å²) in [7, 11) is 2.16. The summed E-state index contributed by atoms with van der Waals surface area (Å²) in [6.45, 7) is 11.6. The molecule has 1 fully saturated rings. The average Bonchev–Trinajstić information content (AvgIpc) is 3.38. The second-order valence-corrected chi connectivity index (χ2v) is 11.6. The fraction of sp³-hybridized carbons (Fsp3) is 0.520. The Balaban J connectivity index is 1.39. The highest BCUT2D eigenvalue weighted by molar-refractivity contribution is 7.22. The van der Waals surface area contributed by atoms with Crippen LogP contribution in [0.5, 0.6) is 0 Å². The van der Waals surface area contributed by atoms with Crippen LogP contribution in [0.2, 0.25) is 0 Å². The first-order valence-corrected chi connectivity index (χ1v) is 13.6. The van der Waals surface area contributed by atoms with E-state index >= 15 is 0 Å². The van der Waals surface area contributed by atoms with Crippen molar-refractivity contribution in [3.63, 3.8) is 0 Å². The van der Waals surface area contributed by atoms with E-state index in [9.17, 15) is 4.79 Å². The molecule has 3 aromatic rings. The van der Waals surface area contributed by atoms with Crippen molar-refractivity contribution < 1.29 is 4.79 Å². The lowest BCUT2D eigenvalue weighted by Gasteiger charge is -2.32. The van der Waals surface area contributed by atoms with Crippen LogP contribution in [0.15, 0.2) is 24.3 Å². The Hall–Kier alpha value is -1.84. The van der Waals surface area contributed by atoms with Crippen molar-refractivity contribution >= 4 is 43.8 Å². The van der Waals surface area contributed by atoms with Crippen LogP contribution in [0.4, 0.5) is 5.00 Å². The van der Waals surface area contributed by atoms with E-state index in [-0.39, 0.29) is 5.91 Å². The molecule has 4 heterocycles. The molecule has 5 rings (SSSR count). The first kappa shape index (κ1) is 22.9. The predicted molar refractivity (Wildman–Crippen MR) is 139 cm³/mol. The van der Waals surface area contributed by atoms with E-state index < -0.39 is 0 Å². The molecule has 2 aliphatic heterocycles. The van der Waals surface area contributed by atoms with Crippen molar-refractivity contribution in [1.82, 2.24) is 19.7 Å². The molecule has 0 saturated carbocycles. The largest absolute Gasteiger partial charge is 0.317 e. The Kier molecular flexibility index (Phi) is 6.81. The van der Waals surface area contributed by atoms with Crippen LogP contribution in [0.1, 0.15) is 30.7 Å². The zero-order valence-electron chi connectivity index (χ0n) is 19.8. The summed E-state index contributed by atoms with van der Waals surface area (Å²) in [5.41, 5.74) is 3.57. The Morgan fingerprint density at radius 3 is 2.67 bits per heavy atom. The summed E-state index contributed by atoms with van der Waals surface area (Å²) >= 11 is 3.48. The number of para-hydroxylation sites is 1. The van der Waals surface area contributed by atoms with Gasteiger partial charge in [0.15, 0.2) is 0 Å². The minimum Gasteiger partial charge on any atom is -0.317 e. The number of rotatable bonds is 6. The van der Waals surface area contributed by atoms with Crippen molar-refractivity contribution in [1.29, 1.82) is 0 Å². The number of nitrogens with zero attached hydrogens (tertiary/aromatic N) is 4. The molecule has 0 radical (unpaired) electrons. The van der Waals surface area contributed by atoms with Crippen molar-refractivity contribution in [3.8, 4) is 10.6 Å². The van der Waals surface area contributed by atoms with Gasteiger partial charge in [-0.15, -0.1) is 22.7 Å². The van der Waals surface area contributed by atoms with E-state index in [2.05, 4.69) is 59.1 Å². The predicted octanol–water partition coefficient (Wildman–Crippen LogP) is 4.37. The molecule has 2 aromatic heterocycles. The number of hydrogen-bond donors (Lipinski definition) is 1. The molecule has 0 atom stereocenters. The van der Waals surface area contributed by atoms with Gasteiger partial charge in [0, 0.05) is 68.7 Å². The molecular formula is C25H33N5OS2. The van der Waals surface area contributed by atoms with Crippen molar-refractivity contribution in [3.05, 3.63) is 34.7 Å². The Morgan fingerprint density at radius 2 is 1.91 bits per heavy atom. The summed E-state index contributed by atoms with van der Waals surface area (Å²) < 4.78 is 1.19. The van der Waals surface area contributed by atoms with Gasteiger partial charge < -0.3 is 15.1 Å². The average molecular weight is 484 g/mol. The number of thiophene rings is 1. The third-order valence-electron chi connectivity index (χ3n) is 6.83. The van der Waals surface area contributed by atoms with Crippen LogP contribution in [-0.2, 0) is 17.8 Å². The highest BCUT2D eigenvalue weighted by atomic mass is 32.1. The van der Waals surface area contributed by atoms with Crippen molar-refractivity contribution in [2.75, 3.05) is 51.6 Å². The number of hydrogen-bond acceptors (Lipinski definition) is 7. The molecule has 6 nitrogen and oxygen atoms in total. The molecule has 0 aliphatic carbocycles. The number of carbonyl (C=O) groups is 1. The quantitative estimate of drug-likeness (QED) is 0.564. The molecule has 0 spiro atoms. The number of likely N-dealkylation sites (N-methyl/N-ethyl adjacent to an activating group) is 1. The SMILES string of the molecule is CC(C)N1CCc2c(sc(NC(=O)CCN3CCN(C)CC3)c2-c2nc3ccccc3s2)C1. The summed E-state index contributed by atoms with van der Waals surface area (Å²) in [5, 5.41) is 5.30. The minimum atomic E-state index is 0.107. The van der Waals surface area contributed by atoms with E-state index in [1.165, 1.54) is 15.1 Å². The number of piperazine rings is 1. The van der Waals surface area contributed by atoms with Gasteiger partial charge in [-0.2, -0.15) is 0 Å². The maximum absolute atomic E-state index is 13.0. The fourth-order valence-electron chi connectivity index (χ4n) is 4.68. The van der Waals surface area contributed by atoms with Crippen LogP contribution in [0.3, 0.4) is 0 Å². The van der Waals surface area contributed by atoms with Crippen LogP contribution < -0.4 is 5.32 Å². The smallest absolute Gasteiger partial charge is 0.226 e. The third-order valence-corrected chi connectivity index (χ3v) is 9.01. The zero-order valence-corrected chi connectivity index (χ0v) is 21.4. The molecule has 1 amide bonds. The number of aromatic nitrogens is 1. The van der Waals surface area contributed by atoms with Crippen molar-refractivity contribution in [2.24, 2.45) is 0 Å². The molecule has 2 aliphatic rings. The summed E-state index contributed by atoms with van der Waals surface area (Å²) in [6.07, 6.45) is 1.54. The zero-order chi connectivity index (χ0) is 22.9. The highest BCUT2D eigenvalue weighted by Crippen LogP contribution is 2.45. The number of thiazole rings is 1. The van der Waals surface area contributed by atoms with Gasteiger partial charge in [-0.25, -0.2) is 4.98 Å². The molecule has 8 heteroatoms. The van der Waals surface area contributed by atoms with E-state index in [0.717, 1.165) is 73.3 Å². The minimum absolute atomic E-state index is 0.107. The lowest BCUT2D eigenvalue weighted by atomic mass is 10.0. The molecule has 1 saturated heterocycles. The molecule has 0 unspecified atom stereocenters. The number of nitrogens with one attached hydrogen (secondary N) is 1. The highest BCUT2D eigenvalue weighted by Gasteiger charge is 2.28. The molecular weight excluding hydrogens is 450 g/mol. The lowest BCUT2D eigenvalue weighted by Crippen LogP contribution is -2.45. The molecule has 33 heavy (non-hydrogen) atoms. The normalized spacial score (nSPS) is 18.2. The maximum Gasteiger partial charge on any atom is 0.226 e. The van der Waals surface area contributed by atoms with E-state index in [1.807, 2.05) is 6.07 Å². The molecule has 176 valence electrons. The summed E-state index contributed by atoms with van der Waals surface area (Å²) in [5.74, 6) is 0.107. The maximum atomic E-state index is 13.0. The van der Waals surface area contributed by atoms with Gasteiger partial charge in [-0.3, -0.25) is 9.69 Å². The van der Waals surface area contributed by atoms with Crippen LogP contribution in [0.25, 0.3) is 20.8 Å². The Labute approximate surface area is 204 Å². The van der Waals surface area contributed by atoms with Crippen molar-refractivity contribution in [2.45, 2.75) is 39.3 Å². The van der Waals surface area contributed by atoms with E-state index in [0.29, 0.717) is 12.5 Å². The molecule has 1 N–H and O–H groups in total. The third kappa shape index (κ3) is 5.00. The number of benzene rings is 1. The van der Waals surface area contributed by atoms with Gasteiger partial charge in [0.05, 0.1) is 10.2 Å². The number of anilines is 1.